The number of halogens is 1. The van der Waals surface area contributed by atoms with E-state index < -0.39 is 10.0 Å². The van der Waals surface area contributed by atoms with Gasteiger partial charge in [0.25, 0.3) is 0 Å². The van der Waals surface area contributed by atoms with Gasteiger partial charge in [-0.2, -0.15) is 0 Å². The molecule has 0 bridgehead atoms. The molecule has 8 nitrogen and oxygen atoms in total. The number of guanidine groups is 1. The predicted octanol–water partition coefficient (Wildman–Crippen LogP) is 1.33. The lowest BCUT2D eigenvalue weighted by Crippen LogP contribution is -2.50. The van der Waals surface area contributed by atoms with Crippen LogP contribution in [0.2, 0.25) is 0 Å². The van der Waals surface area contributed by atoms with E-state index in [1.54, 1.807) is 11.4 Å². The molecule has 29 heavy (non-hydrogen) atoms. The predicted molar refractivity (Wildman–Crippen MR) is 130 cm³/mol. The van der Waals surface area contributed by atoms with Gasteiger partial charge in [-0.25, -0.2) is 12.7 Å². The molecule has 0 aromatic carbocycles. The minimum Gasteiger partial charge on any atom is -0.377 e. The lowest BCUT2D eigenvalue weighted by molar-refractivity contribution is 0.0532. The number of hydrogen-bond donors (Lipinski definition) is 2. The highest BCUT2D eigenvalue weighted by Crippen LogP contribution is 2.18. The third-order valence-corrected chi connectivity index (χ3v) is 6.91. The Morgan fingerprint density at radius 1 is 1.14 bits per heavy atom. The van der Waals surface area contributed by atoms with Crippen molar-refractivity contribution in [3.63, 3.8) is 0 Å². The third-order valence-electron chi connectivity index (χ3n) is 5.61. The molecule has 0 aliphatic carbocycles. The molecular weight excluding hydrogens is 505 g/mol. The molecule has 2 saturated heterocycles. The van der Waals surface area contributed by atoms with Crippen molar-refractivity contribution in [2.24, 2.45) is 10.9 Å². The van der Waals surface area contributed by atoms with Crippen molar-refractivity contribution in [1.82, 2.24) is 19.8 Å². The standard InChI is InChI=1S/C19H39N5O3S.HI/c1-16(2)27-14-13-23-9-7-18(8-10-23)22-19(20-3)21-15-17-5-11-24(12-6-17)28(4,25)26;/h16-18H,5-15H2,1-4H3,(H2,20,21,22);1H. The first-order chi connectivity index (χ1) is 13.3. The topological polar surface area (TPSA) is 86.3 Å². The first-order valence-electron chi connectivity index (χ1n) is 10.5. The molecule has 2 rings (SSSR count). The van der Waals surface area contributed by atoms with Crippen LogP contribution >= 0.6 is 24.0 Å². The number of hydrogen-bond acceptors (Lipinski definition) is 5. The van der Waals surface area contributed by atoms with Crippen LogP contribution in [-0.2, 0) is 14.8 Å². The van der Waals surface area contributed by atoms with Gasteiger partial charge in [-0.15, -0.1) is 24.0 Å². The molecule has 0 unspecified atom stereocenters. The van der Waals surface area contributed by atoms with Crippen molar-refractivity contribution in [3.05, 3.63) is 0 Å². The first-order valence-corrected chi connectivity index (χ1v) is 12.4. The number of sulfonamides is 1. The van der Waals surface area contributed by atoms with Gasteiger partial charge in [0.05, 0.1) is 19.0 Å². The smallest absolute Gasteiger partial charge is 0.211 e. The Morgan fingerprint density at radius 2 is 1.76 bits per heavy atom. The van der Waals surface area contributed by atoms with E-state index in [0.29, 0.717) is 31.2 Å². The lowest BCUT2D eigenvalue weighted by atomic mass is 9.98. The number of likely N-dealkylation sites (tertiary alicyclic amines) is 1. The first kappa shape index (κ1) is 26.9. The summed E-state index contributed by atoms with van der Waals surface area (Å²) in [5.74, 6) is 1.34. The lowest BCUT2D eigenvalue weighted by Gasteiger charge is -2.34. The Kier molecular flexibility index (Phi) is 12.3. The molecule has 2 heterocycles. The molecule has 2 aliphatic rings. The Balaban J connectivity index is 0.00000420. The number of nitrogens with zero attached hydrogens (tertiary/aromatic N) is 3. The van der Waals surface area contributed by atoms with Crippen molar-refractivity contribution in [1.29, 1.82) is 0 Å². The van der Waals surface area contributed by atoms with Gasteiger partial charge in [0.15, 0.2) is 5.96 Å². The Morgan fingerprint density at radius 3 is 2.28 bits per heavy atom. The molecule has 0 atom stereocenters. The van der Waals surface area contributed by atoms with E-state index in [4.69, 9.17) is 4.74 Å². The second kappa shape index (κ2) is 13.3. The fourth-order valence-corrected chi connectivity index (χ4v) is 4.67. The van der Waals surface area contributed by atoms with Gasteiger partial charge >= 0.3 is 0 Å². The summed E-state index contributed by atoms with van der Waals surface area (Å²) in [6.45, 7) is 10.2. The summed E-state index contributed by atoms with van der Waals surface area (Å²) >= 11 is 0. The number of rotatable bonds is 8. The monoisotopic (exact) mass is 545 g/mol. The fraction of sp³-hybridized carbons (Fsp3) is 0.947. The van der Waals surface area contributed by atoms with E-state index in [0.717, 1.165) is 64.4 Å². The van der Waals surface area contributed by atoms with E-state index in [1.165, 1.54) is 6.26 Å². The Labute approximate surface area is 194 Å². The molecule has 172 valence electrons. The summed E-state index contributed by atoms with van der Waals surface area (Å²) in [5, 5.41) is 6.98. The van der Waals surface area contributed by atoms with Gasteiger partial charge in [0, 0.05) is 52.4 Å². The summed E-state index contributed by atoms with van der Waals surface area (Å²) in [6.07, 6.45) is 5.60. The van der Waals surface area contributed by atoms with Crippen LogP contribution in [-0.4, -0.2) is 94.9 Å². The fourth-order valence-electron chi connectivity index (χ4n) is 3.79. The van der Waals surface area contributed by atoms with Gasteiger partial charge in [0.2, 0.25) is 10.0 Å². The maximum absolute atomic E-state index is 11.6. The molecule has 10 heteroatoms. The average molecular weight is 546 g/mol. The summed E-state index contributed by atoms with van der Waals surface area (Å²) < 4.78 is 30.4. The van der Waals surface area contributed by atoms with E-state index in [-0.39, 0.29) is 24.0 Å². The van der Waals surface area contributed by atoms with Crippen LogP contribution in [0.3, 0.4) is 0 Å². The number of piperidine rings is 2. The highest BCUT2D eigenvalue weighted by molar-refractivity contribution is 14.0. The van der Waals surface area contributed by atoms with Crippen LogP contribution in [0.4, 0.5) is 0 Å². The zero-order chi connectivity index (χ0) is 20.6. The molecular formula is C19H40IN5O3S. The summed E-state index contributed by atoms with van der Waals surface area (Å²) in [4.78, 5) is 6.83. The SMILES string of the molecule is CN=C(NCC1CCN(S(C)(=O)=O)CC1)NC1CCN(CCOC(C)C)CC1.I. The van der Waals surface area contributed by atoms with Crippen molar-refractivity contribution >= 4 is 40.0 Å². The largest absolute Gasteiger partial charge is 0.377 e. The van der Waals surface area contributed by atoms with Crippen molar-refractivity contribution in [2.45, 2.75) is 51.7 Å². The van der Waals surface area contributed by atoms with Crippen molar-refractivity contribution in [3.8, 4) is 0 Å². The molecule has 0 aromatic heterocycles. The molecule has 0 spiro atoms. The zero-order valence-electron chi connectivity index (χ0n) is 18.4. The highest BCUT2D eigenvalue weighted by Gasteiger charge is 2.25. The highest BCUT2D eigenvalue weighted by atomic mass is 127. The van der Waals surface area contributed by atoms with Gasteiger partial charge in [0.1, 0.15) is 0 Å². The average Bonchev–Trinajstić information content (AvgIpc) is 2.65. The molecule has 2 aliphatic heterocycles. The maximum atomic E-state index is 11.6. The van der Waals surface area contributed by atoms with Crippen LogP contribution in [0.15, 0.2) is 4.99 Å². The van der Waals surface area contributed by atoms with Gasteiger partial charge in [-0.1, -0.05) is 0 Å². The quantitative estimate of drug-likeness (QED) is 0.272. The molecule has 0 radical (unpaired) electrons. The van der Waals surface area contributed by atoms with Gasteiger partial charge < -0.3 is 20.3 Å². The van der Waals surface area contributed by atoms with Gasteiger partial charge in [-0.3, -0.25) is 4.99 Å². The van der Waals surface area contributed by atoms with Crippen molar-refractivity contribution in [2.75, 3.05) is 59.2 Å². The zero-order valence-corrected chi connectivity index (χ0v) is 21.5. The number of ether oxygens (including phenoxy) is 1. The molecule has 0 aromatic rings. The minimum absolute atomic E-state index is 0. The van der Waals surface area contributed by atoms with E-state index in [2.05, 4.69) is 34.4 Å². The second-order valence-corrected chi connectivity index (χ2v) is 10.2. The Bertz CT molecular complexity index is 587. The van der Waals surface area contributed by atoms with E-state index >= 15 is 0 Å². The van der Waals surface area contributed by atoms with Crippen LogP contribution in [0, 0.1) is 5.92 Å². The molecule has 2 N–H and O–H groups in total. The summed E-state index contributed by atoms with van der Waals surface area (Å²) in [7, 11) is -1.25. The van der Waals surface area contributed by atoms with E-state index in [1.807, 2.05) is 0 Å². The second-order valence-electron chi connectivity index (χ2n) is 8.24. The van der Waals surface area contributed by atoms with Crippen molar-refractivity contribution < 1.29 is 13.2 Å². The number of nitrogens with one attached hydrogen (secondary N) is 2. The summed E-state index contributed by atoms with van der Waals surface area (Å²) in [5.41, 5.74) is 0. The summed E-state index contributed by atoms with van der Waals surface area (Å²) in [6, 6.07) is 0.445. The molecule has 0 saturated carbocycles. The number of aliphatic imine (C=N–C) groups is 1. The van der Waals surface area contributed by atoms with Crippen LogP contribution in [0.1, 0.15) is 39.5 Å². The van der Waals surface area contributed by atoms with Gasteiger partial charge in [-0.05, 0) is 45.4 Å². The molecule has 2 fully saturated rings. The van der Waals surface area contributed by atoms with E-state index in [9.17, 15) is 8.42 Å². The van der Waals surface area contributed by atoms with Crippen LogP contribution in [0.5, 0.6) is 0 Å². The van der Waals surface area contributed by atoms with Crippen LogP contribution in [0.25, 0.3) is 0 Å². The third kappa shape index (κ3) is 10.1. The Hall–Kier alpha value is -0.170. The minimum atomic E-state index is -3.05. The normalized spacial score (nSPS) is 21.2. The van der Waals surface area contributed by atoms with Crippen LogP contribution < -0.4 is 10.6 Å². The maximum Gasteiger partial charge on any atom is 0.211 e. The molecule has 0 amide bonds.